The monoisotopic (exact) mass is 339 g/mol. The van der Waals surface area contributed by atoms with Crippen molar-refractivity contribution < 1.29 is 24.2 Å². The molecule has 1 N–H and O–H groups in total. The highest BCUT2D eigenvalue weighted by molar-refractivity contribution is 5.94. The van der Waals surface area contributed by atoms with Gasteiger partial charge in [-0.1, -0.05) is 24.6 Å². The van der Waals surface area contributed by atoms with Crippen LogP contribution < -0.4 is 4.90 Å². The third-order valence-electron chi connectivity index (χ3n) is 3.21. The zero-order valence-electron chi connectivity index (χ0n) is 15.2. The Labute approximate surface area is 144 Å². The first-order valence-electron chi connectivity index (χ1n) is 7.99. The second-order valence-corrected chi connectivity index (χ2v) is 5.39. The minimum atomic E-state index is -0.245. The quantitative estimate of drug-likeness (QED) is 0.837. The van der Waals surface area contributed by atoms with Gasteiger partial charge in [0, 0.05) is 19.2 Å². The summed E-state index contributed by atoms with van der Waals surface area (Å²) in [5, 5.41) is 8.36. The first-order chi connectivity index (χ1) is 11.3. The van der Waals surface area contributed by atoms with E-state index < -0.39 is 0 Å². The zero-order valence-corrected chi connectivity index (χ0v) is 15.2. The van der Waals surface area contributed by atoms with Crippen LogP contribution in [0.5, 0.6) is 0 Å². The van der Waals surface area contributed by atoms with Gasteiger partial charge in [-0.15, -0.1) is 0 Å². The van der Waals surface area contributed by atoms with E-state index in [9.17, 15) is 9.59 Å². The minimum absolute atomic E-state index is 0.0418. The molecule has 0 bridgehead atoms. The molecule has 6 heteroatoms. The highest BCUT2D eigenvalue weighted by Crippen LogP contribution is 2.16. The summed E-state index contributed by atoms with van der Waals surface area (Å²) in [5.74, 6) is -0.204. The Morgan fingerprint density at radius 1 is 1.38 bits per heavy atom. The van der Waals surface area contributed by atoms with Crippen LogP contribution in [0.4, 0.5) is 5.69 Å². The van der Waals surface area contributed by atoms with Gasteiger partial charge < -0.3 is 19.5 Å². The molecule has 1 saturated heterocycles. The molecule has 1 heterocycles. The number of nitrogens with zero attached hydrogens (tertiary/aromatic N) is 1. The number of anilines is 1. The number of esters is 1. The van der Waals surface area contributed by atoms with Crippen LogP contribution >= 0.6 is 0 Å². The number of aliphatic hydroxyl groups excluding tert-OH is 1. The van der Waals surface area contributed by atoms with Crippen LogP contribution in [0.15, 0.2) is 24.3 Å². The van der Waals surface area contributed by atoms with Crippen LogP contribution in [0.25, 0.3) is 0 Å². The molecule has 1 fully saturated rings. The summed E-state index contributed by atoms with van der Waals surface area (Å²) in [6.07, 6.45) is 0.745. The molecule has 1 atom stereocenters. The average molecular weight is 339 g/mol. The third-order valence-corrected chi connectivity index (χ3v) is 3.21. The predicted octanol–water partition coefficient (Wildman–Crippen LogP) is 2.31. The number of benzene rings is 1. The van der Waals surface area contributed by atoms with Gasteiger partial charge in [0.15, 0.2) is 0 Å². The highest BCUT2D eigenvalue weighted by atomic mass is 16.5. The van der Waals surface area contributed by atoms with Gasteiger partial charge >= 0.3 is 5.97 Å². The molecule has 1 aromatic carbocycles. The molecule has 1 aromatic rings. The van der Waals surface area contributed by atoms with E-state index in [-0.39, 0.29) is 24.6 Å². The molecule has 0 saturated carbocycles. The number of carbonyl (C=O) groups is 2. The Morgan fingerprint density at radius 2 is 1.88 bits per heavy atom. The molecule has 0 aromatic heterocycles. The molecule has 0 spiro atoms. The van der Waals surface area contributed by atoms with E-state index in [2.05, 4.69) is 4.74 Å². The number of methoxy groups -OCH3 is 1. The van der Waals surface area contributed by atoms with Crippen molar-refractivity contribution in [2.45, 2.75) is 40.2 Å². The molecule has 1 aliphatic heterocycles. The smallest absolute Gasteiger partial charge is 0.302 e. The number of aliphatic hydroxyl groups is 1. The fraction of sp³-hybridized carbons (Fsp3) is 0.556. The number of hydrogen-bond donors (Lipinski definition) is 1. The summed E-state index contributed by atoms with van der Waals surface area (Å²) in [7, 11) is 1.35. The molecule has 0 radical (unpaired) electrons. The van der Waals surface area contributed by atoms with Gasteiger partial charge in [0.05, 0.1) is 19.8 Å². The van der Waals surface area contributed by atoms with E-state index >= 15 is 0 Å². The minimum Gasteiger partial charge on any atom is -0.469 e. The van der Waals surface area contributed by atoms with E-state index in [1.807, 2.05) is 38.1 Å². The normalized spacial score (nSPS) is 14.6. The fourth-order valence-corrected chi connectivity index (χ4v) is 1.52. The van der Waals surface area contributed by atoms with Crippen molar-refractivity contribution in [3.8, 4) is 0 Å². The van der Waals surface area contributed by atoms with E-state index in [1.165, 1.54) is 19.6 Å². The first kappa shape index (κ1) is 22.1. The Hall–Kier alpha value is -1.92. The second kappa shape index (κ2) is 12.5. The van der Waals surface area contributed by atoms with Crippen LogP contribution in [-0.2, 0) is 19.1 Å². The van der Waals surface area contributed by atoms with Crippen LogP contribution in [0.1, 0.15) is 32.8 Å². The van der Waals surface area contributed by atoms with Crippen LogP contribution in [0.2, 0.25) is 0 Å². The standard InChI is InChI=1S/C11H13NO2.C4H10O.C3H6O2/c1-9-2-4-10(5-3-9)12-6-7-14-8-11(12)13;1-3-4(2)5;1-3(4)5-2/h2-5H,6-8H2,1H3;4-5H,3H2,1-2H3;1-2H3/t;4-;/m.1./s1. The number of ether oxygens (including phenoxy) is 2. The topological polar surface area (TPSA) is 76.1 Å². The van der Waals surface area contributed by atoms with Crippen molar-refractivity contribution in [2.75, 3.05) is 31.8 Å². The maximum atomic E-state index is 11.5. The van der Waals surface area contributed by atoms with Crippen LogP contribution in [-0.4, -0.2) is 50.0 Å². The zero-order chi connectivity index (χ0) is 18.5. The van der Waals surface area contributed by atoms with Gasteiger partial charge in [-0.05, 0) is 32.4 Å². The number of amides is 1. The lowest BCUT2D eigenvalue weighted by atomic mass is 10.2. The first-order valence-corrected chi connectivity index (χ1v) is 7.99. The number of hydrogen-bond acceptors (Lipinski definition) is 5. The van der Waals surface area contributed by atoms with Gasteiger partial charge in [0.1, 0.15) is 6.61 Å². The lowest BCUT2D eigenvalue weighted by molar-refractivity contribution is -0.138. The Balaban J connectivity index is 0.000000442. The van der Waals surface area contributed by atoms with E-state index in [0.717, 1.165) is 12.1 Å². The molecule has 136 valence electrons. The molecular weight excluding hydrogens is 310 g/mol. The lowest BCUT2D eigenvalue weighted by Crippen LogP contribution is -2.41. The lowest BCUT2D eigenvalue weighted by Gasteiger charge is -2.26. The number of rotatable bonds is 2. The third kappa shape index (κ3) is 9.97. The van der Waals surface area contributed by atoms with Crippen LogP contribution in [0, 0.1) is 6.92 Å². The predicted molar refractivity (Wildman–Crippen MR) is 94.0 cm³/mol. The molecule has 0 unspecified atom stereocenters. The molecular formula is C18H29NO5. The van der Waals surface area contributed by atoms with Crippen molar-refractivity contribution >= 4 is 17.6 Å². The largest absolute Gasteiger partial charge is 0.469 e. The summed E-state index contributed by atoms with van der Waals surface area (Å²) in [6, 6.07) is 7.97. The van der Waals surface area contributed by atoms with Crippen molar-refractivity contribution in [3.05, 3.63) is 29.8 Å². The van der Waals surface area contributed by atoms with Crippen molar-refractivity contribution in [3.63, 3.8) is 0 Å². The van der Waals surface area contributed by atoms with Crippen molar-refractivity contribution in [2.24, 2.45) is 0 Å². The maximum absolute atomic E-state index is 11.5. The summed E-state index contributed by atoms with van der Waals surface area (Å²) in [4.78, 5) is 22.8. The molecule has 1 aliphatic rings. The number of aryl methyl sites for hydroxylation is 1. The number of morpholine rings is 1. The highest BCUT2D eigenvalue weighted by Gasteiger charge is 2.19. The molecule has 1 amide bonds. The Kier molecular flexibility index (Phi) is 11.5. The Morgan fingerprint density at radius 3 is 2.25 bits per heavy atom. The molecule has 24 heavy (non-hydrogen) atoms. The molecule has 2 rings (SSSR count). The van der Waals surface area contributed by atoms with Crippen molar-refractivity contribution in [1.82, 2.24) is 0 Å². The Bertz CT molecular complexity index is 485. The molecule has 6 nitrogen and oxygen atoms in total. The van der Waals surface area contributed by atoms with E-state index in [1.54, 1.807) is 11.8 Å². The van der Waals surface area contributed by atoms with Gasteiger partial charge in [0.25, 0.3) is 5.91 Å². The average Bonchev–Trinajstić information content (AvgIpc) is 2.57. The SMILES string of the molecule is CC[C@@H](C)O.COC(C)=O.Cc1ccc(N2CCOCC2=O)cc1. The van der Waals surface area contributed by atoms with E-state index in [0.29, 0.717) is 13.2 Å². The van der Waals surface area contributed by atoms with E-state index in [4.69, 9.17) is 9.84 Å². The van der Waals surface area contributed by atoms with Gasteiger partial charge in [0.2, 0.25) is 0 Å². The van der Waals surface area contributed by atoms with Crippen LogP contribution in [0.3, 0.4) is 0 Å². The summed E-state index contributed by atoms with van der Waals surface area (Å²) < 4.78 is 9.18. The summed E-state index contributed by atoms with van der Waals surface area (Å²) in [6.45, 7) is 8.60. The number of carbonyl (C=O) groups excluding carboxylic acids is 2. The van der Waals surface area contributed by atoms with Gasteiger partial charge in [-0.3, -0.25) is 9.59 Å². The molecule has 0 aliphatic carbocycles. The summed E-state index contributed by atoms with van der Waals surface area (Å²) >= 11 is 0. The van der Waals surface area contributed by atoms with Gasteiger partial charge in [-0.2, -0.15) is 0 Å². The summed E-state index contributed by atoms with van der Waals surface area (Å²) in [5.41, 5.74) is 2.17. The van der Waals surface area contributed by atoms with Gasteiger partial charge in [-0.25, -0.2) is 0 Å². The van der Waals surface area contributed by atoms with Crippen molar-refractivity contribution in [1.29, 1.82) is 0 Å². The maximum Gasteiger partial charge on any atom is 0.302 e. The second-order valence-electron chi connectivity index (χ2n) is 5.39. The fourth-order valence-electron chi connectivity index (χ4n) is 1.52.